The number of benzene rings is 2. The Morgan fingerprint density at radius 1 is 1.13 bits per heavy atom. The molecule has 0 saturated carbocycles. The van der Waals surface area contributed by atoms with Gasteiger partial charge in [-0.25, -0.2) is 0 Å². The van der Waals surface area contributed by atoms with Crippen molar-refractivity contribution in [1.29, 1.82) is 0 Å². The number of amides is 1. The second kappa shape index (κ2) is 7.44. The molecule has 2 aliphatic rings. The number of carbonyl (C=O) groups excluding carboxylic acids is 1. The molecule has 0 saturated heterocycles. The summed E-state index contributed by atoms with van der Waals surface area (Å²) in [7, 11) is 1.80. The van der Waals surface area contributed by atoms with Gasteiger partial charge in [0.2, 0.25) is 6.79 Å². The highest BCUT2D eigenvalue weighted by atomic mass is 16.7. The predicted molar refractivity (Wildman–Crippen MR) is 113 cm³/mol. The first-order valence-corrected chi connectivity index (χ1v) is 10.1. The van der Waals surface area contributed by atoms with Crippen molar-refractivity contribution in [3.63, 3.8) is 0 Å². The third kappa shape index (κ3) is 3.28. The van der Waals surface area contributed by atoms with E-state index in [1.54, 1.807) is 24.3 Å². The lowest BCUT2D eigenvalue weighted by Gasteiger charge is -2.25. The Bertz CT molecular complexity index is 1090. The molecule has 1 aromatic heterocycles. The Hall–Kier alpha value is -3.41. The van der Waals surface area contributed by atoms with Crippen LogP contribution in [-0.4, -0.2) is 30.7 Å². The highest BCUT2D eigenvalue weighted by Crippen LogP contribution is 2.34. The van der Waals surface area contributed by atoms with Crippen molar-refractivity contribution in [3.05, 3.63) is 77.2 Å². The molecular formula is C24H24N2O4. The Morgan fingerprint density at radius 3 is 2.87 bits per heavy atom. The summed E-state index contributed by atoms with van der Waals surface area (Å²) in [6.45, 7) is 3.49. The van der Waals surface area contributed by atoms with Gasteiger partial charge in [-0.15, -0.1) is 0 Å². The van der Waals surface area contributed by atoms with Crippen LogP contribution in [0.4, 0.5) is 5.69 Å². The van der Waals surface area contributed by atoms with Gasteiger partial charge >= 0.3 is 0 Å². The highest BCUT2D eigenvalue weighted by molar-refractivity contribution is 5.95. The fraction of sp³-hybridized carbons (Fsp3) is 0.292. The van der Waals surface area contributed by atoms with Crippen LogP contribution < -0.4 is 14.4 Å². The molecule has 0 N–H and O–H groups in total. The molecule has 0 radical (unpaired) electrons. The zero-order chi connectivity index (χ0) is 20.7. The van der Waals surface area contributed by atoms with Crippen LogP contribution in [0.3, 0.4) is 0 Å². The molecule has 0 fully saturated rings. The maximum Gasteiger partial charge on any atom is 0.257 e. The maximum absolute atomic E-state index is 13.2. The first-order valence-electron chi connectivity index (χ1n) is 10.1. The van der Waals surface area contributed by atoms with Gasteiger partial charge in [-0.2, -0.15) is 0 Å². The molecule has 2 aliphatic heterocycles. The van der Waals surface area contributed by atoms with Gasteiger partial charge < -0.3 is 23.7 Å². The van der Waals surface area contributed by atoms with Gasteiger partial charge in [0.15, 0.2) is 11.5 Å². The van der Waals surface area contributed by atoms with Gasteiger partial charge in [-0.1, -0.05) is 24.3 Å². The fourth-order valence-electron chi connectivity index (χ4n) is 4.27. The summed E-state index contributed by atoms with van der Waals surface area (Å²) in [6, 6.07) is 16.3. The number of anilines is 1. The summed E-state index contributed by atoms with van der Waals surface area (Å²) < 4.78 is 16.5. The lowest BCUT2D eigenvalue weighted by molar-refractivity contribution is 0.0782. The molecule has 1 amide bonds. The maximum atomic E-state index is 13.2. The van der Waals surface area contributed by atoms with E-state index in [0.717, 1.165) is 23.5 Å². The van der Waals surface area contributed by atoms with Crippen molar-refractivity contribution in [1.82, 2.24) is 4.90 Å². The largest absolute Gasteiger partial charge is 0.467 e. The van der Waals surface area contributed by atoms with Crippen LogP contribution in [0, 0.1) is 0 Å². The van der Waals surface area contributed by atoms with E-state index in [9.17, 15) is 4.79 Å². The number of fused-ring (bicyclic) bond motifs is 2. The smallest absolute Gasteiger partial charge is 0.257 e. The zero-order valence-electron chi connectivity index (χ0n) is 17.1. The van der Waals surface area contributed by atoms with Crippen LogP contribution >= 0.6 is 0 Å². The number of rotatable bonds is 5. The van der Waals surface area contributed by atoms with Crippen molar-refractivity contribution in [2.24, 2.45) is 0 Å². The first kappa shape index (κ1) is 18.6. The third-order valence-corrected chi connectivity index (χ3v) is 5.84. The second-order valence-corrected chi connectivity index (χ2v) is 7.92. The average Bonchev–Trinajstić information content (AvgIpc) is 3.47. The average molecular weight is 404 g/mol. The molecule has 6 nitrogen and oxygen atoms in total. The Kier molecular flexibility index (Phi) is 4.62. The molecule has 0 aliphatic carbocycles. The summed E-state index contributed by atoms with van der Waals surface area (Å²) in [4.78, 5) is 17.2. The molecule has 3 aromatic rings. The van der Waals surface area contributed by atoms with Gasteiger partial charge in [-0.3, -0.25) is 4.79 Å². The van der Waals surface area contributed by atoms with Crippen molar-refractivity contribution in [3.8, 4) is 11.5 Å². The van der Waals surface area contributed by atoms with E-state index >= 15 is 0 Å². The van der Waals surface area contributed by atoms with Crippen LogP contribution in [0.15, 0.2) is 59.2 Å². The normalized spacial score (nSPS) is 16.6. The fourth-order valence-corrected chi connectivity index (χ4v) is 4.27. The number of nitrogens with zero attached hydrogens (tertiary/aromatic N) is 2. The molecule has 2 aromatic carbocycles. The van der Waals surface area contributed by atoms with Gasteiger partial charge in [0, 0.05) is 25.3 Å². The van der Waals surface area contributed by atoms with Crippen molar-refractivity contribution < 1.29 is 18.7 Å². The lowest BCUT2D eigenvalue weighted by Crippen LogP contribution is -2.31. The minimum atomic E-state index is -0.0587. The monoisotopic (exact) mass is 404 g/mol. The summed E-state index contributed by atoms with van der Waals surface area (Å²) in [5.41, 5.74) is 4.15. The molecule has 0 spiro atoms. The number of para-hydroxylation sites is 1. The molecule has 154 valence electrons. The summed E-state index contributed by atoms with van der Waals surface area (Å²) >= 11 is 0. The van der Waals surface area contributed by atoms with Crippen molar-refractivity contribution in [2.75, 3.05) is 18.7 Å². The second-order valence-electron chi connectivity index (χ2n) is 7.92. The molecular weight excluding hydrogens is 380 g/mol. The van der Waals surface area contributed by atoms with Gasteiger partial charge in [0.05, 0.1) is 18.4 Å². The summed E-state index contributed by atoms with van der Waals surface area (Å²) in [6.07, 6.45) is 2.60. The van der Waals surface area contributed by atoms with Crippen LogP contribution in [0.2, 0.25) is 0 Å². The summed E-state index contributed by atoms with van der Waals surface area (Å²) in [5.74, 6) is 2.10. The van der Waals surface area contributed by atoms with Crippen molar-refractivity contribution >= 4 is 11.6 Å². The Morgan fingerprint density at radius 2 is 1.97 bits per heavy atom. The van der Waals surface area contributed by atoms with E-state index in [2.05, 4.69) is 36.1 Å². The van der Waals surface area contributed by atoms with Crippen LogP contribution in [0.1, 0.15) is 34.2 Å². The third-order valence-electron chi connectivity index (χ3n) is 5.84. The number of ether oxygens (including phenoxy) is 2. The lowest BCUT2D eigenvalue weighted by atomic mass is 10.1. The van der Waals surface area contributed by atoms with Crippen LogP contribution in [0.5, 0.6) is 11.5 Å². The number of furan rings is 1. The number of hydrogen-bond donors (Lipinski definition) is 0. The Labute approximate surface area is 175 Å². The van der Waals surface area contributed by atoms with Gasteiger partial charge in [-0.05, 0) is 48.7 Å². The van der Waals surface area contributed by atoms with Crippen LogP contribution in [0.25, 0.3) is 0 Å². The predicted octanol–water partition coefficient (Wildman–Crippen LogP) is 4.23. The molecule has 6 heteroatoms. The van der Waals surface area contributed by atoms with Crippen molar-refractivity contribution in [2.45, 2.75) is 32.5 Å². The molecule has 3 heterocycles. The standard InChI is InChI=1S/C24H24N2O4/c1-16-11-18-5-3-4-6-20(18)26(16)14-23-19(9-10-28-23)24(27)25(2)13-17-7-8-21-22(12-17)30-15-29-21/h3-10,12,16H,11,13-15H2,1-2H3. The van der Waals surface area contributed by atoms with Crippen LogP contribution in [-0.2, 0) is 19.5 Å². The van der Waals surface area contributed by atoms with Gasteiger partial charge in [0.25, 0.3) is 5.91 Å². The minimum absolute atomic E-state index is 0.0587. The quantitative estimate of drug-likeness (QED) is 0.637. The SMILES string of the molecule is CC1Cc2ccccc2N1Cc1occc1C(=O)N(C)Cc1ccc2c(c1)OCO2. The van der Waals surface area contributed by atoms with E-state index in [1.165, 1.54) is 11.3 Å². The molecule has 5 rings (SSSR count). The van der Waals surface area contributed by atoms with E-state index in [0.29, 0.717) is 30.5 Å². The Balaban J connectivity index is 1.32. The van der Waals surface area contributed by atoms with E-state index in [4.69, 9.17) is 13.9 Å². The minimum Gasteiger partial charge on any atom is -0.467 e. The number of carbonyl (C=O) groups is 1. The highest BCUT2D eigenvalue weighted by Gasteiger charge is 2.28. The van der Waals surface area contributed by atoms with Gasteiger partial charge in [0.1, 0.15) is 5.76 Å². The molecule has 1 unspecified atom stereocenters. The zero-order valence-corrected chi connectivity index (χ0v) is 17.1. The number of hydrogen-bond acceptors (Lipinski definition) is 5. The van der Waals surface area contributed by atoms with E-state index < -0.39 is 0 Å². The first-order chi connectivity index (χ1) is 14.6. The van der Waals surface area contributed by atoms with E-state index in [1.807, 2.05) is 18.2 Å². The molecule has 30 heavy (non-hydrogen) atoms. The molecule has 1 atom stereocenters. The van der Waals surface area contributed by atoms with E-state index in [-0.39, 0.29) is 12.7 Å². The summed E-state index contributed by atoms with van der Waals surface area (Å²) in [5, 5.41) is 0. The topological polar surface area (TPSA) is 55.2 Å². The molecule has 0 bridgehead atoms.